The molecule has 23 heavy (non-hydrogen) atoms. The first kappa shape index (κ1) is 15.0. The van der Waals surface area contributed by atoms with Gasteiger partial charge in [-0.25, -0.2) is 4.98 Å². The van der Waals surface area contributed by atoms with Gasteiger partial charge in [-0.2, -0.15) is 0 Å². The van der Waals surface area contributed by atoms with Crippen molar-refractivity contribution in [2.75, 3.05) is 19.0 Å². The highest BCUT2D eigenvalue weighted by molar-refractivity contribution is 5.79. The first-order valence-corrected chi connectivity index (χ1v) is 7.70. The molecule has 0 N–H and O–H groups in total. The summed E-state index contributed by atoms with van der Waals surface area (Å²) >= 11 is 0. The average Bonchev–Trinajstić information content (AvgIpc) is 2.59. The molecule has 3 rings (SSSR count). The summed E-state index contributed by atoms with van der Waals surface area (Å²) in [6.45, 7) is 0. The fourth-order valence-corrected chi connectivity index (χ4v) is 2.38. The summed E-state index contributed by atoms with van der Waals surface area (Å²) in [5.41, 5.74) is 4.39. The highest BCUT2D eigenvalue weighted by atomic mass is 15.1. The van der Waals surface area contributed by atoms with E-state index in [1.54, 1.807) is 0 Å². The molecule has 0 radical (unpaired) electrons. The molecule has 3 aromatic rings. The number of aromatic nitrogens is 1. The third kappa shape index (κ3) is 3.86. The number of pyridine rings is 1. The minimum absolute atomic E-state index is 0.969. The second kappa shape index (κ2) is 6.93. The van der Waals surface area contributed by atoms with E-state index >= 15 is 0 Å². The monoisotopic (exact) mass is 300 g/mol. The van der Waals surface area contributed by atoms with Crippen molar-refractivity contribution in [2.45, 2.75) is 0 Å². The van der Waals surface area contributed by atoms with Crippen LogP contribution in [0.3, 0.4) is 0 Å². The van der Waals surface area contributed by atoms with Crippen molar-refractivity contribution >= 4 is 28.7 Å². The van der Waals surface area contributed by atoms with Crippen LogP contribution in [-0.2, 0) is 0 Å². The van der Waals surface area contributed by atoms with Crippen LogP contribution in [0.2, 0.25) is 0 Å². The maximum absolute atomic E-state index is 4.62. The standard InChI is InChI=1S/C21H20N2/c1-23(2)20-15-11-17(12-16-20)7-3-5-9-19-14-13-18-8-4-6-10-21(18)22-19/h3-16H,1-2H3. The van der Waals surface area contributed by atoms with E-state index < -0.39 is 0 Å². The zero-order chi connectivity index (χ0) is 16.1. The molecule has 0 saturated carbocycles. The Bertz CT molecular complexity index is 843. The highest BCUT2D eigenvalue weighted by Gasteiger charge is 1.94. The Kier molecular flexibility index (Phi) is 4.53. The first-order valence-electron chi connectivity index (χ1n) is 7.70. The van der Waals surface area contributed by atoms with Gasteiger partial charge in [0.15, 0.2) is 0 Å². The van der Waals surface area contributed by atoms with Crippen LogP contribution in [0.15, 0.2) is 72.8 Å². The van der Waals surface area contributed by atoms with Gasteiger partial charge in [0.2, 0.25) is 0 Å². The van der Waals surface area contributed by atoms with Crippen LogP contribution >= 0.6 is 0 Å². The summed E-state index contributed by atoms with van der Waals surface area (Å²) in [6.07, 6.45) is 8.19. The van der Waals surface area contributed by atoms with Crippen LogP contribution in [0, 0.1) is 0 Å². The topological polar surface area (TPSA) is 16.1 Å². The van der Waals surface area contributed by atoms with Crippen LogP contribution < -0.4 is 4.90 Å². The molecular weight excluding hydrogens is 280 g/mol. The number of anilines is 1. The lowest BCUT2D eigenvalue weighted by molar-refractivity contribution is 1.13. The smallest absolute Gasteiger partial charge is 0.0709 e. The lowest BCUT2D eigenvalue weighted by Gasteiger charge is -2.11. The van der Waals surface area contributed by atoms with E-state index in [1.807, 2.05) is 56.6 Å². The van der Waals surface area contributed by atoms with E-state index in [0.717, 1.165) is 11.2 Å². The van der Waals surface area contributed by atoms with Gasteiger partial charge in [0.05, 0.1) is 11.2 Å². The molecule has 0 aliphatic heterocycles. The number of rotatable bonds is 4. The van der Waals surface area contributed by atoms with Crippen molar-refractivity contribution in [3.8, 4) is 0 Å². The van der Waals surface area contributed by atoms with Gasteiger partial charge in [-0.3, -0.25) is 0 Å². The second-order valence-corrected chi connectivity index (χ2v) is 5.63. The lowest BCUT2D eigenvalue weighted by Crippen LogP contribution is -2.07. The van der Waals surface area contributed by atoms with E-state index in [4.69, 9.17) is 0 Å². The number of hydrogen-bond acceptors (Lipinski definition) is 2. The summed E-state index contributed by atoms with van der Waals surface area (Å²) in [7, 11) is 4.09. The van der Waals surface area contributed by atoms with Crippen molar-refractivity contribution in [3.05, 3.63) is 84.1 Å². The Labute approximate surface area is 137 Å². The van der Waals surface area contributed by atoms with Gasteiger partial charge in [-0.15, -0.1) is 0 Å². The van der Waals surface area contributed by atoms with Gasteiger partial charge in [0.25, 0.3) is 0 Å². The Morgan fingerprint density at radius 3 is 2.30 bits per heavy atom. The molecule has 0 bridgehead atoms. The zero-order valence-electron chi connectivity index (χ0n) is 13.5. The molecule has 2 aromatic carbocycles. The summed E-state index contributed by atoms with van der Waals surface area (Å²) < 4.78 is 0. The van der Waals surface area contributed by atoms with Gasteiger partial charge < -0.3 is 4.90 Å². The third-order valence-electron chi connectivity index (χ3n) is 3.70. The van der Waals surface area contributed by atoms with Crippen molar-refractivity contribution in [1.82, 2.24) is 4.98 Å². The molecule has 0 atom stereocenters. The van der Waals surface area contributed by atoms with Gasteiger partial charge in [-0.1, -0.05) is 54.6 Å². The Morgan fingerprint density at radius 1 is 0.783 bits per heavy atom. The van der Waals surface area contributed by atoms with E-state index in [2.05, 4.69) is 52.4 Å². The molecule has 0 amide bonds. The minimum Gasteiger partial charge on any atom is -0.378 e. The molecule has 0 aliphatic carbocycles. The minimum atomic E-state index is 0.969. The van der Waals surface area contributed by atoms with E-state index in [9.17, 15) is 0 Å². The SMILES string of the molecule is CN(C)c1ccc(C=CC=Cc2ccc3ccccc3n2)cc1. The average molecular weight is 300 g/mol. The number of para-hydroxylation sites is 1. The number of nitrogens with zero attached hydrogens (tertiary/aromatic N) is 2. The Morgan fingerprint density at radius 2 is 1.52 bits per heavy atom. The molecule has 1 aromatic heterocycles. The maximum atomic E-state index is 4.62. The predicted molar refractivity (Wildman–Crippen MR) is 101 cm³/mol. The third-order valence-corrected chi connectivity index (χ3v) is 3.70. The number of allylic oxidation sites excluding steroid dienone is 2. The van der Waals surface area contributed by atoms with Gasteiger partial charge >= 0.3 is 0 Å². The molecule has 0 saturated heterocycles. The van der Waals surface area contributed by atoms with Crippen LogP contribution in [0.4, 0.5) is 5.69 Å². The van der Waals surface area contributed by atoms with Crippen molar-refractivity contribution in [2.24, 2.45) is 0 Å². The highest BCUT2D eigenvalue weighted by Crippen LogP contribution is 2.14. The molecule has 0 fully saturated rings. The van der Waals surface area contributed by atoms with Crippen molar-refractivity contribution in [1.29, 1.82) is 0 Å². The zero-order valence-corrected chi connectivity index (χ0v) is 13.5. The van der Waals surface area contributed by atoms with Gasteiger partial charge in [0, 0.05) is 25.2 Å². The molecule has 1 heterocycles. The molecule has 2 heteroatoms. The van der Waals surface area contributed by atoms with Crippen LogP contribution in [0.1, 0.15) is 11.3 Å². The summed E-state index contributed by atoms with van der Waals surface area (Å²) in [5, 5.41) is 1.17. The van der Waals surface area contributed by atoms with Crippen LogP contribution in [0.25, 0.3) is 23.1 Å². The largest absolute Gasteiger partial charge is 0.378 e. The van der Waals surface area contributed by atoms with Gasteiger partial charge in [0.1, 0.15) is 0 Å². The van der Waals surface area contributed by atoms with Crippen molar-refractivity contribution in [3.63, 3.8) is 0 Å². The van der Waals surface area contributed by atoms with E-state index in [-0.39, 0.29) is 0 Å². The summed E-state index contributed by atoms with van der Waals surface area (Å²) in [4.78, 5) is 6.72. The van der Waals surface area contributed by atoms with Crippen molar-refractivity contribution < 1.29 is 0 Å². The van der Waals surface area contributed by atoms with Crippen LogP contribution in [-0.4, -0.2) is 19.1 Å². The molecule has 0 unspecified atom stereocenters. The number of benzene rings is 2. The summed E-state index contributed by atoms with van der Waals surface area (Å²) in [5.74, 6) is 0. The fraction of sp³-hybridized carbons (Fsp3) is 0.0952. The molecule has 0 aliphatic rings. The molecule has 0 spiro atoms. The van der Waals surface area contributed by atoms with Crippen LogP contribution in [0.5, 0.6) is 0 Å². The number of fused-ring (bicyclic) bond motifs is 1. The quantitative estimate of drug-likeness (QED) is 0.628. The first-order chi connectivity index (χ1) is 11.2. The Hall–Kier alpha value is -2.87. The van der Waals surface area contributed by atoms with E-state index in [1.165, 1.54) is 16.6 Å². The molecular formula is C21H20N2. The lowest BCUT2D eigenvalue weighted by atomic mass is 10.1. The Balaban J connectivity index is 1.69. The summed E-state index contributed by atoms with van der Waals surface area (Å²) in [6, 6.07) is 20.8. The maximum Gasteiger partial charge on any atom is 0.0709 e. The van der Waals surface area contributed by atoms with E-state index in [0.29, 0.717) is 0 Å². The fourth-order valence-electron chi connectivity index (χ4n) is 2.38. The molecule has 2 nitrogen and oxygen atoms in total. The van der Waals surface area contributed by atoms with Gasteiger partial charge in [-0.05, 0) is 35.9 Å². The number of hydrogen-bond donors (Lipinski definition) is 0. The normalized spacial score (nSPS) is 11.6. The molecule has 114 valence electrons. The predicted octanol–water partition coefficient (Wildman–Crippen LogP) is 5.03. The second-order valence-electron chi connectivity index (χ2n) is 5.63.